The lowest BCUT2D eigenvalue weighted by Gasteiger charge is -2.39. The van der Waals surface area contributed by atoms with Crippen LogP contribution in [0.5, 0.6) is 0 Å². The fourth-order valence-electron chi connectivity index (χ4n) is 3.38. The minimum absolute atomic E-state index is 0.130. The average Bonchev–Trinajstić information content (AvgIpc) is 2.72. The summed E-state index contributed by atoms with van der Waals surface area (Å²) in [5.41, 5.74) is 2.06. The second-order valence-corrected chi connectivity index (χ2v) is 7.75. The fraction of sp³-hybridized carbons (Fsp3) is 0.409. The minimum Gasteiger partial charge on any atom is -0.368 e. The number of piperazine rings is 1. The maximum absolute atomic E-state index is 13.0. The Kier molecular flexibility index (Phi) is 5.97. The van der Waals surface area contributed by atoms with Crippen LogP contribution in [0, 0.1) is 12.3 Å². The molecule has 0 atom stereocenters. The molecule has 0 radical (unpaired) electrons. The smallest absolute Gasteiger partial charge is 0.237 e. The number of pyridine rings is 1. The van der Waals surface area contributed by atoms with E-state index in [-0.39, 0.29) is 11.8 Å². The van der Waals surface area contributed by atoms with Crippen molar-refractivity contribution in [3.05, 3.63) is 59.9 Å². The Morgan fingerprint density at radius 3 is 2.46 bits per heavy atom. The molecule has 1 aliphatic heterocycles. The van der Waals surface area contributed by atoms with Crippen molar-refractivity contribution in [1.82, 2.24) is 15.2 Å². The molecule has 2 amide bonds. The Morgan fingerprint density at radius 2 is 1.82 bits per heavy atom. The molecule has 1 saturated heterocycles. The van der Waals surface area contributed by atoms with Crippen molar-refractivity contribution in [2.75, 3.05) is 31.1 Å². The van der Waals surface area contributed by atoms with Gasteiger partial charge in [0.25, 0.3) is 0 Å². The van der Waals surface area contributed by atoms with Gasteiger partial charge in [0, 0.05) is 38.1 Å². The van der Waals surface area contributed by atoms with E-state index in [2.05, 4.69) is 46.4 Å². The first-order valence-corrected chi connectivity index (χ1v) is 9.67. The van der Waals surface area contributed by atoms with Gasteiger partial charge in [0.1, 0.15) is 5.41 Å². The zero-order valence-electron chi connectivity index (χ0n) is 16.8. The molecule has 1 aromatic carbocycles. The third kappa shape index (κ3) is 4.50. The number of aryl methyl sites for hydroxylation is 1. The highest BCUT2D eigenvalue weighted by Gasteiger charge is 2.39. The molecule has 6 heteroatoms. The highest BCUT2D eigenvalue weighted by Crippen LogP contribution is 2.23. The van der Waals surface area contributed by atoms with Crippen LogP contribution in [0.15, 0.2) is 48.7 Å². The molecule has 28 heavy (non-hydrogen) atoms. The van der Waals surface area contributed by atoms with Gasteiger partial charge in [0.2, 0.25) is 11.8 Å². The lowest BCUT2D eigenvalue weighted by molar-refractivity contribution is -0.148. The molecule has 1 aliphatic rings. The summed E-state index contributed by atoms with van der Waals surface area (Å²) in [6.45, 7) is 8.54. The van der Waals surface area contributed by atoms with Crippen molar-refractivity contribution >= 4 is 17.5 Å². The van der Waals surface area contributed by atoms with E-state index in [1.54, 1.807) is 24.9 Å². The summed E-state index contributed by atoms with van der Waals surface area (Å²) >= 11 is 0. The topological polar surface area (TPSA) is 65.5 Å². The summed E-state index contributed by atoms with van der Waals surface area (Å²) < 4.78 is 0. The van der Waals surface area contributed by atoms with E-state index in [4.69, 9.17) is 0 Å². The van der Waals surface area contributed by atoms with Gasteiger partial charge in [-0.1, -0.05) is 18.2 Å². The first-order chi connectivity index (χ1) is 13.4. The van der Waals surface area contributed by atoms with Gasteiger partial charge >= 0.3 is 0 Å². The summed E-state index contributed by atoms with van der Waals surface area (Å²) in [6.07, 6.45) is 1.69. The number of amides is 2. The molecule has 2 aromatic rings. The SMILES string of the molecule is Cc1cccc(N2CCN(C(=O)C(C)(C)C(=O)NCc3ccccn3)CC2)c1. The number of carbonyl (C=O) groups is 2. The number of benzene rings is 1. The second kappa shape index (κ2) is 8.42. The molecule has 148 valence electrons. The Bertz CT molecular complexity index is 827. The van der Waals surface area contributed by atoms with E-state index >= 15 is 0 Å². The van der Waals surface area contributed by atoms with Gasteiger partial charge in [-0.2, -0.15) is 0 Å². The standard InChI is InChI=1S/C22H28N4O2/c1-17-7-6-9-19(15-17)25-11-13-26(14-12-25)21(28)22(2,3)20(27)24-16-18-8-4-5-10-23-18/h4-10,15H,11-14,16H2,1-3H3,(H,24,27). The third-order valence-corrected chi connectivity index (χ3v) is 5.19. The predicted molar refractivity (Wildman–Crippen MR) is 110 cm³/mol. The number of carbonyl (C=O) groups excluding carboxylic acids is 2. The second-order valence-electron chi connectivity index (χ2n) is 7.75. The van der Waals surface area contributed by atoms with E-state index in [1.807, 2.05) is 18.2 Å². The van der Waals surface area contributed by atoms with Gasteiger partial charge in [-0.05, 0) is 50.6 Å². The molecule has 0 aliphatic carbocycles. The highest BCUT2D eigenvalue weighted by molar-refractivity contribution is 6.04. The Balaban J connectivity index is 1.56. The highest BCUT2D eigenvalue weighted by atomic mass is 16.2. The molecule has 0 spiro atoms. The summed E-state index contributed by atoms with van der Waals surface area (Å²) in [4.78, 5) is 33.9. The largest absolute Gasteiger partial charge is 0.368 e. The van der Waals surface area contributed by atoms with Crippen molar-refractivity contribution in [1.29, 1.82) is 0 Å². The lowest BCUT2D eigenvalue weighted by Crippen LogP contribution is -2.55. The van der Waals surface area contributed by atoms with Gasteiger partial charge < -0.3 is 15.1 Å². The Labute approximate surface area is 166 Å². The van der Waals surface area contributed by atoms with E-state index in [1.165, 1.54) is 11.3 Å². The number of hydrogen-bond donors (Lipinski definition) is 1. The first-order valence-electron chi connectivity index (χ1n) is 9.67. The van der Waals surface area contributed by atoms with Crippen LogP contribution < -0.4 is 10.2 Å². The molecule has 1 aromatic heterocycles. The normalized spacial score (nSPS) is 14.7. The first kappa shape index (κ1) is 19.9. The van der Waals surface area contributed by atoms with Crippen LogP contribution in [0.25, 0.3) is 0 Å². The zero-order chi connectivity index (χ0) is 20.1. The maximum Gasteiger partial charge on any atom is 0.237 e. The van der Waals surface area contributed by atoms with Crippen molar-refractivity contribution in [2.24, 2.45) is 5.41 Å². The number of anilines is 1. The van der Waals surface area contributed by atoms with Gasteiger partial charge in [-0.25, -0.2) is 0 Å². The Morgan fingerprint density at radius 1 is 1.07 bits per heavy atom. The number of nitrogens with zero attached hydrogens (tertiary/aromatic N) is 3. The average molecular weight is 380 g/mol. The van der Waals surface area contributed by atoms with Crippen LogP contribution in [0.2, 0.25) is 0 Å². The van der Waals surface area contributed by atoms with E-state index in [0.29, 0.717) is 19.6 Å². The zero-order valence-corrected chi connectivity index (χ0v) is 16.8. The quantitative estimate of drug-likeness (QED) is 0.809. The molecule has 2 heterocycles. The molecule has 0 unspecified atom stereocenters. The number of rotatable bonds is 5. The molecule has 3 rings (SSSR count). The van der Waals surface area contributed by atoms with Crippen LogP contribution in [0.4, 0.5) is 5.69 Å². The van der Waals surface area contributed by atoms with Gasteiger partial charge in [-0.15, -0.1) is 0 Å². The van der Waals surface area contributed by atoms with Gasteiger partial charge in [0.15, 0.2) is 0 Å². The van der Waals surface area contributed by atoms with Crippen LogP contribution in [-0.2, 0) is 16.1 Å². The summed E-state index contributed by atoms with van der Waals surface area (Å²) in [7, 11) is 0. The summed E-state index contributed by atoms with van der Waals surface area (Å²) in [5, 5.41) is 2.84. The van der Waals surface area contributed by atoms with Crippen LogP contribution in [-0.4, -0.2) is 47.9 Å². The lowest BCUT2D eigenvalue weighted by atomic mass is 9.90. The van der Waals surface area contributed by atoms with Gasteiger partial charge in [0.05, 0.1) is 12.2 Å². The Hall–Kier alpha value is -2.89. The molecule has 1 fully saturated rings. The molecular formula is C22H28N4O2. The monoisotopic (exact) mass is 380 g/mol. The minimum atomic E-state index is -1.11. The third-order valence-electron chi connectivity index (χ3n) is 5.19. The summed E-state index contributed by atoms with van der Waals surface area (Å²) in [6, 6.07) is 13.9. The molecule has 0 saturated carbocycles. The number of hydrogen-bond acceptors (Lipinski definition) is 4. The van der Waals surface area contributed by atoms with Crippen LogP contribution in [0.1, 0.15) is 25.1 Å². The molecule has 1 N–H and O–H groups in total. The number of aromatic nitrogens is 1. The fourth-order valence-corrected chi connectivity index (χ4v) is 3.38. The molecule has 0 bridgehead atoms. The van der Waals surface area contributed by atoms with Crippen molar-refractivity contribution in [2.45, 2.75) is 27.3 Å². The van der Waals surface area contributed by atoms with Crippen molar-refractivity contribution < 1.29 is 9.59 Å². The van der Waals surface area contributed by atoms with E-state index < -0.39 is 5.41 Å². The summed E-state index contributed by atoms with van der Waals surface area (Å²) in [5.74, 6) is -0.404. The van der Waals surface area contributed by atoms with Crippen molar-refractivity contribution in [3.8, 4) is 0 Å². The van der Waals surface area contributed by atoms with Crippen molar-refractivity contribution in [3.63, 3.8) is 0 Å². The predicted octanol–water partition coefficient (Wildman–Crippen LogP) is 2.38. The van der Waals surface area contributed by atoms with E-state index in [0.717, 1.165) is 18.8 Å². The van der Waals surface area contributed by atoms with E-state index in [9.17, 15) is 9.59 Å². The molecule has 6 nitrogen and oxygen atoms in total. The van der Waals surface area contributed by atoms with Crippen LogP contribution >= 0.6 is 0 Å². The molecular weight excluding hydrogens is 352 g/mol. The van der Waals surface area contributed by atoms with Crippen LogP contribution in [0.3, 0.4) is 0 Å². The van der Waals surface area contributed by atoms with Gasteiger partial charge in [-0.3, -0.25) is 14.6 Å². The maximum atomic E-state index is 13.0. The number of nitrogens with one attached hydrogen (secondary N) is 1.